The van der Waals surface area contributed by atoms with Gasteiger partial charge < -0.3 is 4.42 Å². The van der Waals surface area contributed by atoms with Gasteiger partial charge in [0.2, 0.25) is 5.13 Å². The third-order valence-electron chi connectivity index (χ3n) is 3.77. The van der Waals surface area contributed by atoms with Crippen molar-refractivity contribution in [3.8, 4) is 0 Å². The monoisotopic (exact) mass is 392 g/mol. The molecule has 0 N–H and O–H groups in total. The predicted octanol–water partition coefficient (Wildman–Crippen LogP) is 4.48. The summed E-state index contributed by atoms with van der Waals surface area (Å²) in [6.07, 6.45) is 1.25. The Kier molecular flexibility index (Phi) is 4.65. The van der Waals surface area contributed by atoms with Crippen molar-refractivity contribution in [2.45, 2.75) is 0 Å². The molecule has 138 valence electrons. The molecule has 8 nitrogen and oxygen atoms in total. The highest BCUT2D eigenvalue weighted by Crippen LogP contribution is 2.30. The number of hydrazone groups is 1. The van der Waals surface area contributed by atoms with E-state index < -0.39 is 10.8 Å². The first-order valence-corrected chi connectivity index (χ1v) is 8.97. The fourth-order valence-corrected chi connectivity index (χ4v) is 3.39. The maximum absolute atomic E-state index is 13.0. The standard InChI is InChI=1S/C19H12N4O4S/c24-18(13-6-2-1-3-7-13)22(19-21-15-8-4-5-9-16(15)28-19)20-12-14-10-11-17(27-14)23(25)26/h1-12H/b20-12-. The Balaban J connectivity index is 1.73. The van der Waals surface area contributed by atoms with Gasteiger partial charge in [-0.2, -0.15) is 10.1 Å². The fourth-order valence-electron chi connectivity index (χ4n) is 2.47. The van der Waals surface area contributed by atoms with E-state index >= 15 is 0 Å². The summed E-state index contributed by atoms with van der Waals surface area (Å²) < 4.78 is 5.98. The van der Waals surface area contributed by atoms with Gasteiger partial charge >= 0.3 is 5.88 Å². The fraction of sp³-hybridized carbons (Fsp3) is 0. The quantitative estimate of drug-likeness (QED) is 0.283. The summed E-state index contributed by atoms with van der Waals surface area (Å²) in [5, 5.41) is 16.5. The van der Waals surface area contributed by atoms with Gasteiger partial charge in [0.1, 0.15) is 4.92 Å². The average molecular weight is 392 g/mol. The van der Waals surface area contributed by atoms with Gasteiger partial charge in [-0.3, -0.25) is 14.9 Å². The van der Waals surface area contributed by atoms with Crippen LogP contribution in [0.2, 0.25) is 0 Å². The number of hydrogen-bond acceptors (Lipinski definition) is 7. The number of nitro groups is 1. The molecule has 2 heterocycles. The molecule has 0 bridgehead atoms. The van der Waals surface area contributed by atoms with Crippen molar-refractivity contribution in [1.82, 2.24) is 4.98 Å². The maximum Gasteiger partial charge on any atom is 0.433 e. The van der Waals surface area contributed by atoms with E-state index in [1.54, 1.807) is 24.3 Å². The first-order chi connectivity index (χ1) is 13.6. The minimum absolute atomic E-state index is 0.152. The van der Waals surface area contributed by atoms with Gasteiger partial charge in [-0.25, -0.2) is 4.98 Å². The number of para-hydroxylation sites is 1. The molecule has 0 fully saturated rings. The number of carbonyl (C=O) groups is 1. The van der Waals surface area contributed by atoms with Crippen LogP contribution in [-0.4, -0.2) is 22.0 Å². The minimum Gasteiger partial charge on any atom is -0.400 e. The van der Waals surface area contributed by atoms with E-state index in [1.165, 1.54) is 29.7 Å². The van der Waals surface area contributed by atoms with Gasteiger partial charge in [-0.15, -0.1) is 0 Å². The number of benzene rings is 2. The van der Waals surface area contributed by atoms with Crippen molar-refractivity contribution in [3.63, 3.8) is 0 Å². The second kappa shape index (κ2) is 7.41. The van der Waals surface area contributed by atoms with Crippen LogP contribution >= 0.6 is 11.3 Å². The van der Waals surface area contributed by atoms with Crippen LogP contribution in [0.15, 0.2) is 76.2 Å². The Labute approximate surface area is 162 Å². The number of rotatable bonds is 5. The van der Waals surface area contributed by atoms with E-state index in [1.807, 2.05) is 30.3 Å². The number of nitrogens with zero attached hydrogens (tertiary/aromatic N) is 4. The molecule has 0 radical (unpaired) electrons. The Hall–Kier alpha value is -3.85. The number of aromatic nitrogens is 1. The largest absolute Gasteiger partial charge is 0.433 e. The lowest BCUT2D eigenvalue weighted by Crippen LogP contribution is -2.25. The number of hydrogen-bond donors (Lipinski definition) is 0. The highest BCUT2D eigenvalue weighted by Gasteiger charge is 2.21. The van der Waals surface area contributed by atoms with Crippen LogP contribution in [0, 0.1) is 10.1 Å². The molecule has 0 aliphatic heterocycles. The summed E-state index contributed by atoms with van der Waals surface area (Å²) in [6.45, 7) is 0. The third-order valence-corrected chi connectivity index (χ3v) is 4.78. The smallest absolute Gasteiger partial charge is 0.400 e. The lowest BCUT2D eigenvalue weighted by atomic mass is 10.2. The zero-order valence-corrected chi connectivity index (χ0v) is 15.1. The lowest BCUT2D eigenvalue weighted by molar-refractivity contribution is -0.402. The number of thiazole rings is 1. The van der Waals surface area contributed by atoms with E-state index in [-0.39, 0.29) is 11.7 Å². The van der Waals surface area contributed by atoms with Gasteiger partial charge in [0, 0.05) is 5.56 Å². The van der Waals surface area contributed by atoms with Crippen LogP contribution in [0.3, 0.4) is 0 Å². The summed E-state index contributed by atoms with van der Waals surface area (Å²) in [4.78, 5) is 27.6. The zero-order chi connectivity index (χ0) is 19.5. The molecule has 9 heteroatoms. The summed E-state index contributed by atoms with van der Waals surface area (Å²) in [5.41, 5.74) is 1.18. The van der Waals surface area contributed by atoms with Crippen molar-refractivity contribution >= 4 is 44.7 Å². The van der Waals surface area contributed by atoms with Gasteiger partial charge in [0.15, 0.2) is 5.76 Å². The molecule has 0 saturated heterocycles. The van der Waals surface area contributed by atoms with Crippen LogP contribution < -0.4 is 5.01 Å². The van der Waals surface area contributed by atoms with Crippen molar-refractivity contribution in [2.75, 3.05) is 5.01 Å². The number of furan rings is 1. The lowest BCUT2D eigenvalue weighted by Gasteiger charge is -2.13. The zero-order valence-electron chi connectivity index (χ0n) is 14.3. The minimum atomic E-state index is -0.641. The van der Waals surface area contributed by atoms with Crippen LogP contribution in [0.5, 0.6) is 0 Å². The van der Waals surface area contributed by atoms with Gasteiger partial charge in [0.25, 0.3) is 5.91 Å². The van der Waals surface area contributed by atoms with E-state index in [0.29, 0.717) is 10.7 Å². The molecule has 0 aliphatic carbocycles. The highest BCUT2D eigenvalue weighted by molar-refractivity contribution is 7.22. The molecule has 0 unspecified atom stereocenters. The molecule has 28 heavy (non-hydrogen) atoms. The van der Waals surface area contributed by atoms with Crippen LogP contribution in [0.1, 0.15) is 16.1 Å². The summed E-state index contributed by atoms with van der Waals surface area (Å²) >= 11 is 1.32. The molecular formula is C19H12N4O4S. The molecule has 0 aliphatic rings. The second-order valence-corrected chi connectivity index (χ2v) is 6.63. The molecule has 4 aromatic rings. The number of carbonyl (C=O) groups excluding carboxylic acids is 1. The van der Waals surface area contributed by atoms with Crippen molar-refractivity contribution in [2.24, 2.45) is 5.10 Å². The predicted molar refractivity (Wildman–Crippen MR) is 106 cm³/mol. The first kappa shape index (κ1) is 17.6. The van der Waals surface area contributed by atoms with Gasteiger partial charge in [-0.05, 0) is 30.3 Å². The third kappa shape index (κ3) is 3.51. The van der Waals surface area contributed by atoms with E-state index in [2.05, 4.69) is 10.1 Å². The molecular weight excluding hydrogens is 380 g/mol. The van der Waals surface area contributed by atoms with Gasteiger partial charge in [-0.1, -0.05) is 41.7 Å². The van der Waals surface area contributed by atoms with E-state index in [4.69, 9.17) is 4.42 Å². The van der Waals surface area contributed by atoms with Crippen LogP contribution in [0.4, 0.5) is 11.0 Å². The average Bonchev–Trinajstić information content (AvgIpc) is 3.35. The Bertz CT molecular complexity index is 1150. The molecule has 0 spiro atoms. The van der Waals surface area contributed by atoms with E-state index in [0.717, 1.165) is 15.2 Å². The number of amides is 1. The SMILES string of the molecule is O=C(c1ccccc1)N(/N=C\c1ccc([N+](=O)[O-])o1)c1nc2ccccc2s1. The van der Waals surface area contributed by atoms with Crippen molar-refractivity contribution in [3.05, 3.63) is 88.2 Å². The topological polar surface area (TPSA) is 102 Å². The molecule has 2 aromatic heterocycles. The Morgan fingerprint density at radius 3 is 2.57 bits per heavy atom. The molecule has 0 saturated carbocycles. The molecule has 1 amide bonds. The molecule has 0 atom stereocenters. The summed E-state index contributed by atoms with van der Waals surface area (Å²) in [5.74, 6) is -0.627. The summed E-state index contributed by atoms with van der Waals surface area (Å²) in [6, 6.07) is 18.8. The van der Waals surface area contributed by atoms with Crippen molar-refractivity contribution < 1.29 is 14.1 Å². The van der Waals surface area contributed by atoms with E-state index in [9.17, 15) is 14.9 Å². The number of fused-ring (bicyclic) bond motifs is 1. The highest BCUT2D eigenvalue weighted by atomic mass is 32.1. The molecule has 2 aromatic carbocycles. The second-order valence-electron chi connectivity index (χ2n) is 5.62. The van der Waals surface area contributed by atoms with Crippen LogP contribution in [0.25, 0.3) is 10.2 Å². The Morgan fingerprint density at radius 1 is 1.11 bits per heavy atom. The maximum atomic E-state index is 13.0. The summed E-state index contributed by atoms with van der Waals surface area (Å²) in [7, 11) is 0. The van der Waals surface area contributed by atoms with Crippen molar-refractivity contribution in [1.29, 1.82) is 0 Å². The first-order valence-electron chi connectivity index (χ1n) is 8.15. The molecule has 4 rings (SSSR count). The normalized spacial score (nSPS) is 11.1. The van der Waals surface area contributed by atoms with Crippen LogP contribution in [-0.2, 0) is 0 Å². The van der Waals surface area contributed by atoms with Gasteiger partial charge in [0.05, 0.1) is 22.5 Å². The Morgan fingerprint density at radius 2 is 1.86 bits per heavy atom. The number of anilines is 1.